The van der Waals surface area contributed by atoms with Gasteiger partial charge >= 0.3 is 5.97 Å². The second-order valence-corrected chi connectivity index (χ2v) is 5.40. The van der Waals surface area contributed by atoms with Crippen molar-refractivity contribution in [2.75, 3.05) is 12.3 Å². The van der Waals surface area contributed by atoms with Crippen molar-refractivity contribution in [3.05, 3.63) is 29.8 Å². The molecule has 19 heavy (non-hydrogen) atoms. The van der Waals surface area contributed by atoms with Crippen LogP contribution in [-0.2, 0) is 9.59 Å². The molecule has 0 spiro atoms. The molecule has 2 rings (SSSR count). The molecule has 6 heteroatoms. The van der Waals surface area contributed by atoms with E-state index in [1.807, 2.05) is 24.3 Å². The van der Waals surface area contributed by atoms with Crippen molar-refractivity contribution < 1.29 is 19.8 Å². The Morgan fingerprint density at radius 3 is 2.89 bits per heavy atom. The van der Waals surface area contributed by atoms with Gasteiger partial charge in [-0.1, -0.05) is 18.2 Å². The molecule has 1 aliphatic rings. The average Bonchev–Trinajstić information content (AvgIpc) is 2.82. The Hall–Kier alpha value is -1.53. The number of aliphatic hydroxyl groups is 1. The number of rotatable bonds is 5. The predicted octanol–water partition coefficient (Wildman–Crippen LogP) is 0.828. The molecule has 2 atom stereocenters. The van der Waals surface area contributed by atoms with E-state index in [2.05, 4.69) is 5.32 Å². The first-order valence-corrected chi connectivity index (χ1v) is 6.98. The number of amides is 1. The van der Waals surface area contributed by atoms with E-state index in [0.29, 0.717) is 5.75 Å². The normalized spacial score (nSPS) is 18.7. The maximum Gasteiger partial charge on any atom is 0.332 e. The monoisotopic (exact) mass is 281 g/mol. The molecule has 1 unspecified atom stereocenters. The number of carboxylic acids is 1. The number of benzene rings is 1. The van der Waals surface area contributed by atoms with Crippen LogP contribution in [0.25, 0.3) is 0 Å². The number of fused-ring (bicyclic) bond motifs is 1. The number of carbonyl (C=O) groups excluding carboxylic acids is 1. The van der Waals surface area contributed by atoms with Crippen molar-refractivity contribution >= 4 is 23.6 Å². The van der Waals surface area contributed by atoms with Crippen LogP contribution in [0.3, 0.4) is 0 Å². The van der Waals surface area contributed by atoms with Crippen LogP contribution in [0.5, 0.6) is 0 Å². The SMILES string of the molecule is O=C(NCC[C@H](O)C(=O)O)C1CSc2ccccc21. The lowest BCUT2D eigenvalue weighted by Gasteiger charge is -2.12. The van der Waals surface area contributed by atoms with Crippen LogP contribution in [-0.4, -0.2) is 40.5 Å². The van der Waals surface area contributed by atoms with Gasteiger partial charge in [-0.15, -0.1) is 11.8 Å². The molecule has 5 nitrogen and oxygen atoms in total. The van der Waals surface area contributed by atoms with E-state index in [-0.39, 0.29) is 24.8 Å². The summed E-state index contributed by atoms with van der Waals surface area (Å²) in [6, 6.07) is 7.77. The molecule has 0 radical (unpaired) electrons. The molecule has 0 bridgehead atoms. The molecule has 102 valence electrons. The van der Waals surface area contributed by atoms with Crippen LogP contribution in [0.1, 0.15) is 17.9 Å². The molecular formula is C13H15NO4S. The van der Waals surface area contributed by atoms with Gasteiger partial charge in [-0.05, 0) is 11.6 Å². The standard InChI is InChI=1S/C13H15NO4S/c15-10(13(17)18)5-6-14-12(16)9-7-19-11-4-2-1-3-8(9)11/h1-4,9-10,15H,5-7H2,(H,14,16)(H,17,18)/t9?,10-/m0/s1. The van der Waals surface area contributed by atoms with Gasteiger partial charge in [-0.25, -0.2) is 4.79 Å². The Morgan fingerprint density at radius 2 is 2.16 bits per heavy atom. The molecule has 3 N–H and O–H groups in total. The molecule has 0 aliphatic carbocycles. The molecular weight excluding hydrogens is 266 g/mol. The summed E-state index contributed by atoms with van der Waals surface area (Å²) in [6.07, 6.45) is -1.41. The van der Waals surface area contributed by atoms with Crippen molar-refractivity contribution in [1.82, 2.24) is 5.32 Å². The lowest BCUT2D eigenvalue weighted by molar-refractivity contribution is -0.147. The summed E-state index contributed by atoms with van der Waals surface area (Å²) in [4.78, 5) is 23.6. The number of carboxylic acid groups (broad SMARTS) is 1. The highest BCUT2D eigenvalue weighted by Crippen LogP contribution is 2.39. The summed E-state index contributed by atoms with van der Waals surface area (Å²) in [5, 5.41) is 20.3. The highest BCUT2D eigenvalue weighted by molar-refractivity contribution is 7.99. The minimum Gasteiger partial charge on any atom is -0.479 e. The molecule has 1 aromatic carbocycles. The van der Waals surface area contributed by atoms with Crippen molar-refractivity contribution in [3.8, 4) is 0 Å². The topological polar surface area (TPSA) is 86.6 Å². The zero-order valence-corrected chi connectivity index (χ0v) is 11.0. The lowest BCUT2D eigenvalue weighted by atomic mass is 10.0. The third kappa shape index (κ3) is 3.27. The van der Waals surface area contributed by atoms with Gasteiger partial charge in [0.1, 0.15) is 0 Å². The number of hydrogen-bond acceptors (Lipinski definition) is 4. The molecule has 1 heterocycles. The molecule has 0 saturated heterocycles. The lowest BCUT2D eigenvalue weighted by Crippen LogP contribution is -2.33. The van der Waals surface area contributed by atoms with Gasteiger partial charge in [0.2, 0.25) is 5.91 Å². The number of hydrogen-bond donors (Lipinski definition) is 3. The van der Waals surface area contributed by atoms with Crippen molar-refractivity contribution in [2.24, 2.45) is 0 Å². The van der Waals surface area contributed by atoms with Crippen LogP contribution >= 0.6 is 11.8 Å². The zero-order chi connectivity index (χ0) is 13.8. The van der Waals surface area contributed by atoms with E-state index < -0.39 is 12.1 Å². The number of nitrogens with one attached hydrogen (secondary N) is 1. The highest BCUT2D eigenvalue weighted by atomic mass is 32.2. The molecule has 1 aromatic rings. The molecule has 0 fully saturated rings. The smallest absolute Gasteiger partial charge is 0.332 e. The highest BCUT2D eigenvalue weighted by Gasteiger charge is 2.28. The van der Waals surface area contributed by atoms with Gasteiger partial charge in [0.25, 0.3) is 0 Å². The van der Waals surface area contributed by atoms with Crippen molar-refractivity contribution in [3.63, 3.8) is 0 Å². The fraction of sp³-hybridized carbons (Fsp3) is 0.385. The maximum atomic E-state index is 12.0. The van der Waals surface area contributed by atoms with Crippen molar-refractivity contribution in [2.45, 2.75) is 23.3 Å². The number of aliphatic carboxylic acids is 1. The zero-order valence-electron chi connectivity index (χ0n) is 10.2. The Kier molecular flexibility index (Phi) is 4.44. The minimum atomic E-state index is -1.43. The van der Waals surface area contributed by atoms with Crippen LogP contribution in [0.4, 0.5) is 0 Å². The third-order valence-corrected chi connectivity index (χ3v) is 4.20. The Balaban J connectivity index is 1.87. The van der Waals surface area contributed by atoms with E-state index in [1.165, 1.54) is 0 Å². The van der Waals surface area contributed by atoms with Crippen molar-refractivity contribution in [1.29, 1.82) is 0 Å². The summed E-state index contributed by atoms with van der Waals surface area (Å²) in [7, 11) is 0. The number of thioether (sulfide) groups is 1. The Morgan fingerprint density at radius 1 is 1.42 bits per heavy atom. The first kappa shape index (κ1) is 13.9. The van der Waals surface area contributed by atoms with E-state index in [1.54, 1.807) is 11.8 Å². The van der Waals surface area contributed by atoms with Crippen LogP contribution in [0, 0.1) is 0 Å². The van der Waals surface area contributed by atoms with E-state index in [4.69, 9.17) is 10.2 Å². The molecule has 0 saturated carbocycles. The quantitative estimate of drug-likeness (QED) is 0.744. The van der Waals surface area contributed by atoms with Gasteiger partial charge in [0.05, 0.1) is 5.92 Å². The summed E-state index contributed by atoms with van der Waals surface area (Å²) in [5.41, 5.74) is 1.02. The maximum absolute atomic E-state index is 12.0. The first-order valence-electron chi connectivity index (χ1n) is 6.00. The van der Waals surface area contributed by atoms with Gasteiger partial charge in [0.15, 0.2) is 6.10 Å². The Labute approximate surface area is 115 Å². The fourth-order valence-corrected chi connectivity index (χ4v) is 3.19. The third-order valence-electron chi connectivity index (χ3n) is 3.02. The second-order valence-electron chi connectivity index (χ2n) is 4.34. The average molecular weight is 281 g/mol. The largest absolute Gasteiger partial charge is 0.479 e. The molecule has 1 aliphatic heterocycles. The van der Waals surface area contributed by atoms with Crippen LogP contribution < -0.4 is 5.32 Å². The van der Waals surface area contributed by atoms with E-state index in [0.717, 1.165) is 10.5 Å². The molecule has 0 aromatic heterocycles. The fourth-order valence-electron chi connectivity index (χ4n) is 1.96. The Bertz CT molecular complexity index is 491. The van der Waals surface area contributed by atoms with Gasteiger partial charge in [0, 0.05) is 23.6 Å². The summed E-state index contributed by atoms with van der Waals surface area (Å²) >= 11 is 1.64. The van der Waals surface area contributed by atoms with E-state index in [9.17, 15) is 9.59 Å². The molecule has 1 amide bonds. The van der Waals surface area contributed by atoms with E-state index >= 15 is 0 Å². The summed E-state index contributed by atoms with van der Waals surface area (Å²) in [5.74, 6) is -0.874. The minimum absolute atomic E-state index is 0.0165. The van der Waals surface area contributed by atoms with Crippen LogP contribution in [0.15, 0.2) is 29.2 Å². The van der Waals surface area contributed by atoms with Gasteiger partial charge in [-0.2, -0.15) is 0 Å². The number of carbonyl (C=O) groups is 2. The van der Waals surface area contributed by atoms with Crippen LogP contribution in [0.2, 0.25) is 0 Å². The summed E-state index contributed by atoms with van der Waals surface area (Å²) < 4.78 is 0. The number of aliphatic hydroxyl groups excluding tert-OH is 1. The first-order chi connectivity index (χ1) is 9.09. The predicted molar refractivity (Wildman–Crippen MR) is 71.2 cm³/mol. The van der Waals surface area contributed by atoms with Gasteiger partial charge in [-0.3, -0.25) is 4.79 Å². The summed E-state index contributed by atoms with van der Waals surface area (Å²) in [6.45, 7) is 0.162. The van der Waals surface area contributed by atoms with Gasteiger partial charge < -0.3 is 15.5 Å². The second kappa shape index (κ2) is 6.08.